The van der Waals surface area contributed by atoms with Gasteiger partial charge in [0.25, 0.3) is 0 Å². The summed E-state index contributed by atoms with van der Waals surface area (Å²) in [5.74, 6) is 0.235. The molecule has 0 unspecified atom stereocenters. The second-order valence-corrected chi connectivity index (χ2v) is 7.20. The van der Waals surface area contributed by atoms with Crippen LogP contribution in [0, 0.1) is 6.92 Å². The first-order valence-electron chi connectivity index (χ1n) is 7.32. The molecule has 130 valence electrons. The minimum atomic E-state index is -3.73. The number of carbonyl (C=O) groups excluding carboxylic acids is 1. The molecule has 1 aromatic rings. The van der Waals surface area contributed by atoms with E-state index in [1.54, 1.807) is 19.1 Å². The van der Waals surface area contributed by atoms with E-state index in [1.165, 1.54) is 13.2 Å². The molecule has 1 rings (SSSR count). The molecule has 0 bridgehead atoms. The van der Waals surface area contributed by atoms with E-state index in [1.807, 2.05) is 19.0 Å². The first-order chi connectivity index (χ1) is 10.8. The highest BCUT2D eigenvalue weighted by molar-refractivity contribution is 7.89. The van der Waals surface area contributed by atoms with Gasteiger partial charge in [0.05, 0.1) is 18.6 Å². The number of hydrogen-bond acceptors (Lipinski definition) is 5. The van der Waals surface area contributed by atoms with Crippen molar-refractivity contribution in [1.29, 1.82) is 0 Å². The van der Waals surface area contributed by atoms with Crippen LogP contribution in [0.2, 0.25) is 0 Å². The van der Waals surface area contributed by atoms with Gasteiger partial charge in [-0.3, -0.25) is 4.79 Å². The van der Waals surface area contributed by atoms with Gasteiger partial charge < -0.3 is 15.0 Å². The van der Waals surface area contributed by atoms with Crippen LogP contribution in [0.3, 0.4) is 0 Å². The van der Waals surface area contributed by atoms with Gasteiger partial charge in [0.15, 0.2) is 0 Å². The van der Waals surface area contributed by atoms with Gasteiger partial charge in [0.1, 0.15) is 5.75 Å². The van der Waals surface area contributed by atoms with E-state index in [-0.39, 0.29) is 17.3 Å². The molecule has 7 nitrogen and oxygen atoms in total. The number of carbonyl (C=O) groups is 1. The van der Waals surface area contributed by atoms with Crippen LogP contribution in [0.4, 0.5) is 0 Å². The number of ether oxygens (including phenoxy) is 1. The van der Waals surface area contributed by atoms with Crippen LogP contribution in [-0.2, 0) is 14.8 Å². The topological polar surface area (TPSA) is 87.7 Å². The van der Waals surface area contributed by atoms with Crippen LogP contribution >= 0.6 is 0 Å². The van der Waals surface area contributed by atoms with E-state index in [0.717, 1.165) is 13.0 Å². The van der Waals surface area contributed by atoms with Crippen LogP contribution in [-0.4, -0.2) is 60.1 Å². The molecule has 2 N–H and O–H groups in total. The maximum absolute atomic E-state index is 12.2. The van der Waals surface area contributed by atoms with Crippen molar-refractivity contribution in [2.75, 3.05) is 40.8 Å². The molecule has 0 spiro atoms. The molecule has 0 aliphatic carbocycles. The summed E-state index contributed by atoms with van der Waals surface area (Å²) >= 11 is 0. The summed E-state index contributed by atoms with van der Waals surface area (Å²) in [6.07, 6.45) is 0.809. The molecule has 0 aliphatic rings. The third-order valence-corrected chi connectivity index (χ3v) is 4.76. The Morgan fingerprint density at radius 1 is 1.30 bits per heavy atom. The smallest absolute Gasteiger partial charge is 0.241 e. The van der Waals surface area contributed by atoms with Crippen LogP contribution < -0.4 is 14.8 Å². The SMILES string of the molecule is COc1ccc(S(=O)(=O)NCC(=O)NCCCN(C)C)c(C)c1. The maximum atomic E-state index is 12.2. The average molecular weight is 343 g/mol. The fourth-order valence-electron chi connectivity index (χ4n) is 1.97. The lowest BCUT2D eigenvalue weighted by Gasteiger charge is -2.12. The molecule has 0 fully saturated rings. The molecule has 0 aromatic heterocycles. The molecule has 1 amide bonds. The zero-order valence-corrected chi connectivity index (χ0v) is 14.9. The van der Waals surface area contributed by atoms with E-state index < -0.39 is 10.0 Å². The van der Waals surface area contributed by atoms with Crippen molar-refractivity contribution >= 4 is 15.9 Å². The van der Waals surface area contributed by atoms with Gasteiger partial charge in [-0.05, 0) is 57.7 Å². The number of aryl methyl sites for hydroxylation is 1. The van der Waals surface area contributed by atoms with E-state index in [4.69, 9.17) is 4.74 Å². The Morgan fingerprint density at radius 2 is 2.00 bits per heavy atom. The van der Waals surface area contributed by atoms with Gasteiger partial charge in [-0.15, -0.1) is 0 Å². The van der Waals surface area contributed by atoms with Gasteiger partial charge in [-0.2, -0.15) is 0 Å². The molecular weight excluding hydrogens is 318 g/mol. The summed E-state index contributed by atoms with van der Waals surface area (Å²) in [7, 11) is 1.69. The largest absolute Gasteiger partial charge is 0.497 e. The molecule has 0 saturated carbocycles. The van der Waals surface area contributed by atoms with Crippen LogP contribution in [0.25, 0.3) is 0 Å². The molecule has 0 atom stereocenters. The van der Waals surface area contributed by atoms with Crippen molar-refractivity contribution in [3.8, 4) is 5.75 Å². The summed E-state index contributed by atoms with van der Waals surface area (Å²) in [4.78, 5) is 13.8. The minimum Gasteiger partial charge on any atom is -0.497 e. The van der Waals surface area contributed by atoms with Gasteiger partial charge in [0.2, 0.25) is 15.9 Å². The molecule has 0 heterocycles. The number of nitrogens with one attached hydrogen (secondary N) is 2. The normalized spacial score (nSPS) is 11.5. The monoisotopic (exact) mass is 343 g/mol. The maximum Gasteiger partial charge on any atom is 0.241 e. The van der Waals surface area contributed by atoms with E-state index >= 15 is 0 Å². The second kappa shape index (κ2) is 8.85. The van der Waals surface area contributed by atoms with E-state index in [9.17, 15) is 13.2 Å². The molecule has 0 saturated heterocycles. The number of benzene rings is 1. The van der Waals surface area contributed by atoms with Crippen molar-refractivity contribution in [3.05, 3.63) is 23.8 Å². The fourth-order valence-corrected chi connectivity index (χ4v) is 3.18. The Morgan fingerprint density at radius 3 is 2.57 bits per heavy atom. The number of rotatable bonds is 9. The van der Waals surface area contributed by atoms with Gasteiger partial charge in [-0.25, -0.2) is 13.1 Å². The molecule has 8 heteroatoms. The highest BCUT2D eigenvalue weighted by atomic mass is 32.2. The van der Waals surface area contributed by atoms with Gasteiger partial charge >= 0.3 is 0 Å². The Kier molecular flexibility index (Phi) is 7.47. The van der Waals surface area contributed by atoms with Crippen molar-refractivity contribution in [2.45, 2.75) is 18.2 Å². The lowest BCUT2D eigenvalue weighted by molar-refractivity contribution is -0.119. The summed E-state index contributed by atoms with van der Waals surface area (Å²) in [6.45, 7) is 2.77. The predicted molar refractivity (Wildman–Crippen MR) is 89.1 cm³/mol. The molecule has 0 aliphatic heterocycles. The summed E-state index contributed by atoms with van der Waals surface area (Å²) < 4.78 is 31.8. The van der Waals surface area contributed by atoms with Crippen LogP contribution in [0.5, 0.6) is 5.75 Å². The third-order valence-electron chi connectivity index (χ3n) is 3.20. The van der Waals surface area contributed by atoms with Crippen molar-refractivity contribution in [1.82, 2.24) is 14.9 Å². The predicted octanol–water partition coefficient (Wildman–Crippen LogP) is 0.350. The molecule has 23 heavy (non-hydrogen) atoms. The van der Waals surface area contributed by atoms with Crippen molar-refractivity contribution < 1.29 is 17.9 Å². The number of hydrogen-bond donors (Lipinski definition) is 2. The second-order valence-electron chi connectivity index (χ2n) is 5.46. The lowest BCUT2D eigenvalue weighted by atomic mass is 10.2. The zero-order valence-electron chi connectivity index (χ0n) is 14.0. The summed E-state index contributed by atoms with van der Waals surface area (Å²) in [5.41, 5.74) is 0.559. The number of nitrogens with zero attached hydrogens (tertiary/aromatic N) is 1. The highest BCUT2D eigenvalue weighted by Crippen LogP contribution is 2.20. The highest BCUT2D eigenvalue weighted by Gasteiger charge is 2.18. The molecule has 0 radical (unpaired) electrons. The van der Waals surface area contributed by atoms with Crippen molar-refractivity contribution in [3.63, 3.8) is 0 Å². The average Bonchev–Trinajstić information content (AvgIpc) is 2.49. The van der Waals surface area contributed by atoms with Gasteiger partial charge in [-0.1, -0.05) is 0 Å². The van der Waals surface area contributed by atoms with Crippen LogP contribution in [0.1, 0.15) is 12.0 Å². The number of sulfonamides is 1. The summed E-state index contributed by atoms with van der Waals surface area (Å²) in [6, 6.07) is 4.67. The van der Waals surface area contributed by atoms with Crippen LogP contribution in [0.15, 0.2) is 23.1 Å². The first-order valence-corrected chi connectivity index (χ1v) is 8.80. The Bertz CT molecular complexity index is 630. The Balaban J connectivity index is 2.54. The third kappa shape index (κ3) is 6.55. The zero-order chi connectivity index (χ0) is 17.5. The first kappa shape index (κ1) is 19.4. The lowest BCUT2D eigenvalue weighted by Crippen LogP contribution is -2.38. The Hall–Kier alpha value is -1.64. The minimum absolute atomic E-state index is 0.138. The van der Waals surface area contributed by atoms with E-state index in [2.05, 4.69) is 10.0 Å². The van der Waals surface area contributed by atoms with E-state index in [0.29, 0.717) is 17.9 Å². The molecular formula is C15H25N3O4S. The standard InChI is InChI=1S/C15H25N3O4S/c1-12-10-13(22-4)6-7-14(12)23(20,21)17-11-15(19)16-8-5-9-18(2)3/h6-7,10,17H,5,8-9,11H2,1-4H3,(H,16,19). The Labute approximate surface area is 138 Å². The van der Waals surface area contributed by atoms with Gasteiger partial charge in [0, 0.05) is 6.54 Å². The summed E-state index contributed by atoms with van der Waals surface area (Å²) in [5, 5.41) is 2.68. The number of amides is 1. The quantitative estimate of drug-likeness (QED) is 0.632. The number of methoxy groups -OCH3 is 1. The molecule has 1 aromatic carbocycles. The fraction of sp³-hybridized carbons (Fsp3) is 0.533. The van der Waals surface area contributed by atoms with Crippen molar-refractivity contribution in [2.24, 2.45) is 0 Å².